The Balaban J connectivity index is 1.59. The van der Waals surface area contributed by atoms with Gasteiger partial charge in [-0.3, -0.25) is 9.79 Å². The number of carbonyl (C=O) groups excluding carboxylic acids is 1. The minimum Gasteiger partial charge on any atom is -0.324 e. The lowest BCUT2D eigenvalue weighted by atomic mass is 9.95. The smallest absolute Gasteiger partial charge is 0.246 e. The fourth-order valence-corrected chi connectivity index (χ4v) is 3.66. The molecule has 1 N–H and O–H groups in total. The molecule has 27 heavy (non-hydrogen) atoms. The second kappa shape index (κ2) is 6.51. The molecule has 0 unspecified atom stereocenters. The van der Waals surface area contributed by atoms with Crippen molar-refractivity contribution in [1.82, 2.24) is 0 Å². The van der Waals surface area contributed by atoms with E-state index >= 15 is 0 Å². The predicted molar refractivity (Wildman–Crippen MR) is 109 cm³/mol. The maximum absolute atomic E-state index is 12.1. The Bertz CT molecular complexity index is 1030. The lowest BCUT2D eigenvalue weighted by molar-refractivity contribution is -0.114. The number of hydrogen-bond acceptors (Lipinski definition) is 2. The fourth-order valence-electron chi connectivity index (χ4n) is 3.66. The van der Waals surface area contributed by atoms with E-state index in [1.165, 1.54) is 24.0 Å². The number of fused-ring (bicyclic) bond motifs is 1. The van der Waals surface area contributed by atoms with E-state index in [4.69, 9.17) is 0 Å². The quantitative estimate of drug-likeness (QED) is 0.706. The summed E-state index contributed by atoms with van der Waals surface area (Å²) < 4.78 is 0. The van der Waals surface area contributed by atoms with Gasteiger partial charge in [-0.15, -0.1) is 0 Å². The molecule has 1 saturated carbocycles. The fraction of sp³-hybridized carbons (Fsp3) is 0.167. The van der Waals surface area contributed by atoms with E-state index in [1.54, 1.807) is 0 Å². The number of benzene rings is 3. The Kier molecular flexibility index (Phi) is 3.86. The number of anilines is 1. The van der Waals surface area contributed by atoms with Gasteiger partial charge >= 0.3 is 0 Å². The number of nitrogens with zero attached hydrogens (tertiary/aromatic N) is 1. The highest BCUT2D eigenvalue weighted by molar-refractivity contribution is 6.19. The lowest BCUT2D eigenvalue weighted by Gasteiger charge is -2.13. The van der Waals surface area contributed by atoms with Gasteiger partial charge < -0.3 is 5.32 Å². The van der Waals surface area contributed by atoms with Crippen LogP contribution in [0.3, 0.4) is 0 Å². The molecule has 0 bridgehead atoms. The maximum atomic E-state index is 12.1. The molecule has 1 amide bonds. The number of hydrogen-bond donors (Lipinski definition) is 1. The maximum Gasteiger partial charge on any atom is 0.246 e. The van der Waals surface area contributed by atoms with E-state index in [1.807, 2.05) is 36.4 Å². The molecule has 2 aliphatic rings. The number of carbonyl (C=O) groups is 1. The summed E-state index contributed by atoms with van der Waals surface area (Å²) in [5, 5.41) is 2.98. The van der Waals surface area contributed by atoms with E-state index in [0.29, 0.717) is 0 Å². The highest BCUT2D eigenvalue weighted by atomic mass is 16.1. The largest absolute Gasteiger partial charge is 0.324 e. The van der Waals surface area contributed by atoms with Crippen molar-refractivity contribution in [2.75, 3.05) is 11.9 Å². The third-order valence-electron chi connectivity index (χ3n) is 5.27. The second-order valence-electron chi connectivity index (χ2n) is 7.24. The lowest BCUT2D eigenvalue weighted by Crippen LogP contribution is -2.13. The molecule has 5 rings (SSSR count). The first-order valence-corrected chi connectivity index (χ1v) is 9.42. The summed E-state index contributed by atoms with van der Waals surface area (Å²) in [4.78, 5) is 16.7. The van der Waals surface area contributed by atoms with Gasteiger partial charge in [0, 0.05) is 11.1 Å². The van der Waals surface area contributed by atoms with Crippen LogP contribution >= 0.6 is 0 Å². The molecule has 3 aromatic rings. The van der Waals surface area contributed by atoms with E-state index < -0.39 is 0 Å². The van der Waals surface area contributed by atoms with Crippen LogP contribution in [0.1, 0.15) is 35.4 Å². The summed E-state index contributed by atoms with van der Waals surface area (Å²) in [6.07, 6.45) is 2.63. The molecule has 0 atom stereocenters. The van der Waals surface area contributed by atoms with E-state index in [2.05, 4.69) is 46.7 Å². The van der Waals surface area contributed by atoms with Gasteiger partial charge in [0.15, 0.2) is 0 Å². The van der Waals surface area contributed by atoms with E-state index in [9.17, 15) is 4.79 Å². The van der Waals surface area contributed by atoms with Crippen molar-refractivity contribution in [2.45, 2.75) is 18.8 Å². The van der Waals surface area contributed by atoms with Gasteiger partial charge in [0.05, 0.1) is 11.4 Å². The molecule has 1 aliphatic heterocycles. The number of amides is 1. The Morgan fingerprint density at radius 1 is 0.815 bits per heavy atom. The zero-order valence-electron chi connectivity index (χ0n) is 15.0. The Morgan fingerprint density at radius 3 is 2.30 bits per heavy atom. The summed E-state index contributed by atoms with van der Waals surface area (Å²) in [6, 6.07) is 25.1. The topological polar surface area (TPSA) is 41.5 Å². The monoisotopic (exact) mass is 352 g/mol. The van der Waals surface area contributed by atoms with Gasteiger partial charge in [0.2, 0.25) is 5.91 Å². The molecule has 3 aromatic carbocycles. The van der Waals surface area contributed by atoms with Gasteiger partial charge in [-0.1, -0.05) is 60.7 Å². The molecule has 1 aliphatic carbocycles. The third kappa shape index (κ3) is 3.17. The number of rotatable bonds is 3. The van der Waals surface area contributed by atoms with Crippen molar-refractivity contribution in [1.29, 1.82) is 0 Å². The number of nitrogens with one attached hydrogen (secondary N) is 1. The van der Waals surface area contributed by atoms with Crippen LogP contribution in [0.15, 0.2) is 77.8 Å². The van der Waals surface area contributed by atoms with Gasteiger partial charge in [0.1, 0.15) is 6.54 Å². The Labute approximate surface area is 158 Å². The molecule has 3 heteroatoms. The summed E-state index contributed by atoms with van der Waals surface area (Å²) >= 11 is 0. The van der Waals surface area contributed by atoms with Crippen molar-refractivity contribution in [3.63, 3.8) is 0 Å². The molecule has 0 spiro atoms. The average Bonchev–Trinajstić information content (AvgIpc) is 3.56. The van der Waals surface area contributed by atoms with Gasteiger partial charge in [-0.25, -0.2) is 0 Å². The summed E-state index contributed by atoms with van der Waals surface area (Å²) in [5.74, 6) is 0.682. The molecule has 3 nitrogen and oxygen atoms in total. The number of aliphatic imine (C=N–C) groups is 1. The van der Waals surface area contributed by atoms with Crippen molar-refractivity contribution in [2.24, 2.45) is 4.99 Å². The molecule has 1 heterocycles. The van der Waals surface area contributed by atoms with Gasteiger partial charge in [0.25, 0.3) is 0 Å². The highest BCUT2D eigenvalue weighted by Crippen LogP contribution is 2.40. The van der Waals surface area contributed by atoms with Gasteiger partial charge in [-0.05, 0) is 47.6 Å². The zero-order chi connectivity index (χ0) is 18.2. The molecule has 0 radical (unpaired) electrons. The van der Waals surface area contributed by atoms with Crippen molar-refractivity contribution in [3.8, 4) is 11.1 Å². The standard InChI is InChI=1S/C24H20N2O/c27-23-15-25-24(19-4-2-1-3-5-19)21-14-20(12-13-22(21)26-23)18-10-8-17(9-11-18)16-6-7-16/h1-5,8-14,16H,6-7,15H2,(H,26,27). The first kappa shape index (κ1) is 16.0. The number of benzodiazepines with no additional fused rings is 1. The van der Waals surface area contributed by atoms with Crippen LogP contribution in [0.25, 0.3) is 11.1 Å². The predicted octanol–water partition coefficient (Wildman–Crippen LogP) is 5.02. The zero-order valence-corrected chi connectivity index (χ0v) is 15.0. The van der Waals surface area contributed by atoms with Crippen LogP contribution in [0.2, 0.25) is 0 Å². The molecule has 1 fully saturated rings. The van der Waals surface area contributed by atoms with Crippen LogP contribution in [0.4, 0.5) is 5.69 Å². The van der Waals surface area contributed by atoms with Crippen LogP contribution in [0, 0.1) is 0 Å². The second-order valence-corrected chi connectivity index (χ2v) is 7.24. The van der Waals surface area contributed by atoms with E-state index in [0.717, 1.165) is 34.0 Å². The third-order valence-corrected chi connectivity index (χ3v) is 5.27. The minimum atomic E-state index is -0.0799. The molecule has 0 aromatic heterocycles. The van der Waals surface area contributed by atoms with Crippen molar-refractivity contribution in [3.05, 3.63) is 89.5 Å². The Hall–Kier alpha value is -3.20. The molecular weight excluding hydrogens is 332 g/mol. The van der Waals surface area contributed by atoms with E-state index in [-0.39, 0.29) is 12.5 Å². The summed E-state index contributed by atoms with van der Waals surface area (Å²) in [5.41, 5.74) is 7.43. The SMILES string of the molecule is O=C1CN=C(c2ccccc2)c2cc(-c3ccc(C4CC4)cc3)ccc2N1. The first-order valence-electron chi connectivity index (χ1n) is 9.42. The molecular formula is C24H20N2O. The molecule has 0 saturated heterocycles. The minimum absolute atomic E-state index is 0.0799. The summed E-state index contributed by atoms with van der Waals surface area (Å²) in [7, 11) is 0. The van der Waals surface area contributed by atoms with Crippen LogP contribution < -0.4 is 5.32 Å². The summed E-state index contributed by atoms with van der Waals surface area (Å²) in [6.45, 7) is 0.143. The van der Waals surface area contributed by atoms with Crippen LogP contribution in [-0.2, 0) is 4.79 Å². The Morgan fingerprint density at radius 2 is 1.56 bits per heavy atom. The van der Waals surface area contributed by atoms with Crippen molar-refractivity contribution < 1.29 is 4.79 Å². The van der Waals surface area contributed by atoms with Crippen LogP contribution in [-0.4, -0.2) is 18.2 Å². The molecule has 132 valence electrons. The highest BCUT2D eigenvalue weighted by Gasteiger charge is 2.23. The average molecular weight is 352 g/mol. The van der Waals surface area contributed by atoms with Crippen molar-refractivity contribution >= 4 is 17.3 Å². The first-order chi connectivity index (χ1) is 13.3. The normalized spacial score (nSPS) is 16.1. The van der Waals surface area contributed by atoms with Crippen LogP contribution in [0.5, 0.6) is 0 Å². The van der Waals surface area contributed by atoms with Gasteiger partial charge in [-0.2, -0.15) is 0 Å².